The SMILES string of the molecule is CC(O)c1c(N)ccc(C(C(c2ccc(F)cc2)c2ccc(F)cc2)S(N)(=O)=O)c1O. The zero-order valence-electron chi connectivity index (χ0n) is 16.5. The molecule has 3 aromatic rings. The summed E-state index contributed by atoms with van der Waals surface area (Å²) in [6, 6.07) is 12.9. The van der Waals surface area contributed by atoms with Crippen molar-refractivity contribution in [1.82, 2.24) is 0 Å². The number of hydrogen-bond donors (Lipinski definition) is 4. The third kappa shape index (κ3) is 4.68. The zero-order chi connectivity index (χ0) is 22.9. The molecule has 0 aliphatic heterocycles. The van der Waals surface area contributed by atoms with Crippen molar-refractivity contribution in [2.24, 2.45) is 5.14 Å². The average Bonchev–Trinajstić information content (AvgIpc) is 2.68. The van der Waals surface area contributed by atoms with Crippen LogP contribution in [0.1, 0.15) is 46.4 Å². The monoisotopic (exact) mass is 448 g/mol. The van der Waals surface area contributed by atoms with Gasteiger partial charge in [0.2, 0.25) is 10.0 Å². The Balaban J connectivity index is 2.33. The summed E-state index contributed by atoms with van der Waals surface area (Å²) in [5.74, 6) is -2.59. The minimum absolute atomic E-state index is 0.0388. The fourth-order valence-corrected chi connectivity index (χ4v) is 4.98. The second kappa shape index (κ2) is 8.62. The maximum absolute atomic E-state index is 13.5. The highest BCUT2D eigenvalue weighted by molar-refractivity contribution is 7.89. The van der Waals surface area contributed by atoms with E-state index in [0.29, 0.717) is 11.1 Å². The van der Waals surface area contributed by atoms with Gasteiger partial charge in [-0.15, -0.1) is 0 Å². The van der Waals surface area contributed by atoms with Crippen molar-refractivity contribution in [3.8, 4) is 5.75 Å². The lowest BCUT2D eigenvalue weighted by molar-refractivity contribution is 0.195. The maximum Gasteiger partial charge on any atom is 0.217 e. The van der Waals surface area contributed by atoms with Crippen LogP contribution in [-0.2, 0) is 10.0 Å². The van der Waals surface area contributed by atoms with Crippen LogP contribution in [0.3, 0.4) is 0 Å². The standard InChI is InChI=1S/C22H22F2N2O4S/c1-12(27)19-18(25)11-10-17(21(19)28)22(31(26,29)30)20(13-2-6-15(23)7-3-13)14-4-8-16(24)9-5-14/h2-12,20,22,27-28H,25H2,1H3,(H2,26,29,30). The first kappa shape index (κ1) is 22.7. The van der Waals surface area contributed by atoms with Gasteiger partial charge in [0.15, 0.2) is 0 Å². The Kier molecular flexibility index (Phi) is 6.30. The summed E-state index contributed by atoms with van der Waals surface area (Å²) < 4.78 is 52.7. The van der Waals surface area contributed by atoms with Gasteiger partial charge in [-0.05, 0) is 48.4 Å². The average molecular weight is 448 g/mol. The molecule has 0 fully saturated rings. The lowest BCUT2D eigenvalue weighted by Gasteiger charge is -2.28. The molecular formula is C22H22F2N2O4S. The Morgan fingerprint density at radius 3 is 1.71 bits per heavy atom. The molecule has 164 valence electrons. The third-order valence-electron chi connectivity index (χ3n) is 5.12. The number of nitrogens with two attached hydrogens (primary N) is 2. The van der Waals surface area contributed by atoms with Crippen LogP contribution in [0.25, 0.3) is 0 Å². The second-order valence-electron chi connectivity index (χ2n) is 7.27. The van der Waals surface area contributed by atoms with Crippen molar-refractivity contribution >= 4 is 15.7 Å². The van der Waals surface area contributed by atoms with E-state index in [1.807, 2.05) is 0 Å². The van der Waals surface area contributed by atoms with E-state index in [2.05, 4.69) is 0 Å². The molecule has 9 heteroatoms. The number of phenolic OH excluding ortho intramolecular Hbond substituents is 1. The predicted octanol–water partition coefficient (Wildman–Crippen LogP) is 3.47. The lowest BCUT2D eigenvalue weighted by Crippen LogP contribution is -2.28. The van der Waals surface area contributed by atoms with Gasteiger partial charge in [0.1, 0.15) is 22.6 Å². The van der Waals surface area contributed by atoms with Gasteiger partial charge in [-0.25, -0.2) is 22.3 Å². The summed E-state index contributed by atoms with van der Waals surface area (Å²) in [7, 11) is -4.38. The molecule has 0 saturated heterocycles. The van der Waals surface area contributed by atoms with Crippen LogP contribution >= 0.6 is 0 Å². The number of anilines is 1. The normalized spacial score (nSPS) is 13.9. The smallest absolute Gasteiger partial charge is 0.217 e. The van der Waals surface area contributed by atoms with E-state index in [9.17, 15) is 27.4 Å². The van der Waals surface area contributed by atoms with E-state index < -0.39 is 44.7 Å². The van der Waals surface area contributed by atoms with Gasteiger partial charge in [-0.2, -0.15) is 0 Å². The van der Waals surface area contributed by atoms with E-state index >= 15 is 0 Å². The number of rotatable bonds is 6. The van der Waals surface area contributed by atoms with Crippen LogP contribution in [0.2, 0.25) is 0 Å². The van der Waals surface area contributed by atoms with Crippen LogP contribution in [0.4, 0.5) is 14.5 Å². The van der Waals surface area contributed by atoms with Gasteiger partial charge in [0.05, 0.1) is 6.10 Å². The number of halogens is 2. The van der Waals surface area contributed by atoms with Crippen LogP contribution in [0, 0.1) is 11.6 Å². The molecule has 6 nitrogen and oxygen atoms in total. The fourth-order valence-electron chi connectivity index (χ4n) is 3.74. The van der Waals surface area contributed by atoms with E-state index in [-0.39, 0.29) is 16.8 Å². The molecule has 0 aliphatic carbocycles. The Morgan fingerprint density at radius 2 is 1.32 bits per heavy atom. The molecule has 2 unspecified atom stereocenters. The van der Waals surface area contributed by atoms with Gasteiger partial charge in [-0.1, -0.05) is 30.3 Å². The molecule has 0 bridgehead atoms. The number of phenols is 1. The molecule has 31 heavy (non-hydrogen) atoms. The molecule has 0 aromatic heterocycles. The van der Waals surface area contributed by atoms with Gasteiger partial charge in [-0.3, -0.25) is 0 Å². The Morgan fingerprint density at radius 1 is 0.871 bits per heavy atom. The summed E-state index contributed by atoms with van der Waals surface area (Å²) >= 11 is 0. The zero-order valence-corrected chi connectivity index (χ0v) is 17.4. The summed E-state index contributed by atoms with van der Waals surface area (Å²) in [5.41, 5.74) is 6.54. The highest BCUT2D eigenvalue weighted by Gasteiger charge is 2.38. The summed E-state index contributed by atoms with van der Waals surface area (Å²) in [6.45, 7) is 1.37. The second-order valence-corrected chi connectivity index (χ2v) is 8.96. The largest absolute Gasteiger partial charge is 0.507 e. The van der Waals surface area contributed by atoms with Crippen LogP contribution < -0.4 is 10.9 Å². The molecular weight excluding hydrogens is 426 g/mol. The highest BCUT2D eigenvalue weighted by Crippen LogP contribution is 2.46. The maximum atomic E-state index is 13.5. The number of primary sulfonamides is 1. The number of benzene rings is 3. The number of aliphatic hydroxyl groups excluding tert-OH is 1. The third-order valence-corrected chi connectivity index (χ3v) is 6.36. The fraction of sp³-hybridized carbons (Fsp3) is 0.182. The van der Waals surface area contributed by atoms with Crippen molar-refractivity contribution in [3.63, 3.8) is 0 Å². The van der Waals surface area contributed by atoms with Crippen molar-refractivity contribution in [2.75, 3.05) is 5.73 Å². The van der Waals surface area contributed by atoms with E-state index in [0.717, 1.165) is 24.3 Å². The topological polar surface area (TPSA) is 127 Å². The van der Waals surface area contributed by atoms with Crippen molar-refractivity contribution < 1.29 is 27.4 Å². The van der Waals surface area contributed by atoms with Gasteiger partial charge >= 0.3 is 0 Å². The van der Waals surface area contributed by atoms with Crippen molar-refractivity contribution in [3.05, 3.63) is 94.6 Å². The number of hydrogen-bond acceptors (Lipinski definition) is 5. The van der Waals surface area contributed by atoms with Gasteiger partial charge in [0, 0.05) is 22.7 Å². The molecule has 0 radical (unpaired) electrons. The number of sulfonamides is 1. The molecule has 2 atom stereocenters. The first-order valence-electron chi connectivity index (χ1n) is 9.32. The lowest BCUT2D eigenvalue weighted by atomic mass is 9.84. The van der Waals surface area contributed by atoms with E-state index in [4.69, 9.17) is 10.9 Å². The Labute approximate surface area is 178 Å². The number of nitrogen functional groups attached to an aromatic ring is 1. The minimum Gasteiger partial charge on any atom is -0.507 e. The molecule has 0 aliphatic rings. The first-order valence-corrected chi connectivity index (χ1v) is 10.9. The molecule has 3 aromatic carbocycles. The highest BCUT2D eigenvalue weighted by atomic mass is 32.2. The van der Waals surface area contributed by atoms with Crippen LogP contribution in [0.15, 0.2) is 60.7 Å². The molecule has 0 spiro atoms. The Bertz CT molecular complexity index is 1140. The molecule has 0 heterocycles. The first-order chi connectivity index (χ1) is 14.5. The van der Waals surface area contributed by atoms with Crippen LogP contribution in [0.5, 0.6) is 5.75 Å². The van der Waals surface area contributed by atoms with Crippen molar-refractivity contribution in [1.29, 1.82) is 0 Å². The molecule has 0 saturated carbocycles. The number of aromatic hydroxyl groups is 1. The predicted molar refractivity (Wildman–Crippen MR) is 114 cm³/mol. The Hall–Kier alpha value is -3.01. The van der Waals surface area contributed by atoms with E-state index in [1.54, 1.807) is 0 Å². The van der Waals surface area contributed by atoms with Gasteiger partial charge in [0.25, 0.3) is 0 Å². The summed E-state index contributed by atoms with van der Waals surface area (Å²) in [4.78, 5) is 0. The van der Waals surface area contributed by atoms with Crippen LogP contribution in [-0.4, -0.2) is 18.6 Å². The van der Waals surface area contributed by atoms with Gasteiger partial charge < -0.3 is 15.9 Å². The number of aliphatic hydroxyl groups is 1. The summed E-state index contributed by atoms with van der Waals surface area (Å²) in [6.07, 6.45) is -1.18. The van der Waals surface area contributed by atoms with Crippen molar-refractivity contribution in [2.45, 2.75) is 24.2 Å². The minimum atomic E-state index is -4.38. The summed E-state index contributed by atoms with van der Waals surface area (Å²) in [5, 5.41) is 24.9. The molecule has 6 N–H and O–H groups in total. The molecule has 3 rings (SSSR count). The molecule has 0 amide bonds. The van der Waals surface area contributed by atoms with E-state index in [1.165, 1.54) is 43.3 Å². The quantitative estimate of drug-likeness (QED) is 0.430.